The zero-order valence-corrected chi connectivity index (χ0v) is 10.9. The zero-order chi connectivity index (χ0) is 12.7. The third-order valence-corrected chi connectivity index (χ3v) is 3.00. The van der Waals surface area contributed by atoms with Crippen molar-refractivity contribution in [1.82, 2.24) is 10.2 Å². The molecule has 0 bridgehead atoms. The molecule has 1 rings (SSSR count). The van der Waals surface area contributed by atoms with E-state index in [4.69, 9.17) is 10.5 Å². The second-order valence-electron chi connectivity index (χ2n) is 4.49. The van der Waals surface area contributed by atoms with Gasteiger partial charge < -0.3 is 15.8 Å². The Balaban J connectivity index is 2.30. The van der Waals surface area contributed by atoms with Gasteiger partial charge in [0.25, 0.3) is 0 Å². The molecular formula is C12H25N3O2. The maximum Gasteiger partial charge on any atom is 0.235 e. The number of rotatable bonds is 10. The van der Waals surface area contributed by atoms with Crippen molar-refractivity contribution in [2.75, 3.05) is 32.8 Å². The number of nitrogens with two attached hydrogens (primary N) is 1. The quantitative estimate of drug-likeness (QED) is 0.528. The van der Waals surface area contributed by atoms with Gasteiger partial charge in [-0.05, 0) is 26.3 Å². The van der Waals surface area contributed by atoms with Crippen LogP contribution in [0.1, 0.15) is 26.7 Å². The van der Waals surface area contributed by atoms with Crippen LogP contribution in [0.3, 0.4) is 0 Å². The van der Waals surface area contributed by atoms with Crippen molar-refractivity contribution in [2.45, 2.75) is 38.8 Å². The Morgan fingerprint density at radius 2 is 2.24 bits per heavy atom. The lowest BCUT2D eigenvalue weighted by Crippen LogP contribution is -2.50. The van der Waals surface area contributed by atoms with Crippen molar-refractivity contribution < 1.29 is 9.53 Å². The van der Waals surface area contributed by atoms with Gasteiger partial charge in [-0.25, -0.2) is 0 Å². The average molecular weight is 243 g/mol. The average Bonchev–Trinajstić information content (AvgIpc) is 3.10. The minimum Gasteiger partial charge on any atom is -0.380 e. The molecule has 0 radical (unpaired) electrons. The second-order valence-corrected chi connectivity index (χ2v) is 4.49. The van der Waals surface area contributed by atoms with Gasteiger partial charge in [0.15, 0.2) is 0 Å². The molecular weight excluding hydrogens is 218 g/mol. The van der Waals surface area contributed by atoms with Crippen LogP contribution in [0.25, 0.3) is 0 Å². The highest BCUT2D eigenvalue weighted by Crippen LogP contribution is 2.19. The molecule has 0 aromatic heterocycles. The predicted octanol–water partition coefficient (Wildman–Crippen LogP) is -0.0493. The van der Waals surface area contributed by atoms with E-state index in [1.165, 1.54) is 0 Å². The summed E-state index contributed by atoms with van der Waals surface area (Å²) in [7, 11) is 0. The molecule has 17 heavy (non-hydrogen) atoms. The van der Waals surface area contributed by atoms with Gasteiger partial charge in [-0.3, -0.25) is 9.69 Å². The van der Waals surface area contributed by atoms with Gasteiger partial charge in [0, 0.05) is 25.7 Å². The van der Waals surface area contributed by atoms with Crippen molar-refractivity contribution in [3.8, 4) is 0 Å². The summed E-state index contributed by atoms with van der Waals surface area (Å²) in [6.07, 6.45) is 2.32. The zero-order valence-electron chi connectivity index (χ0n) is 10.9. The summed E-state index contributed by atoms with van der Waals surface area (Å²) in [5.74, 6) is -0.258. The predicted molar refractivity (Wildman–Crippen MR) is 67.7 cm³/mol. The number of likely N-dealkylation sites (N-methyl/N-ethyl adjacent to an activating group) is 1. The molecule has 5 nitrogen and oxygen atoms in total. The molecule has 1 amide bonds. The lowest BCUT2D eigenvalue weighted by Gasteiger charge is -2.25. The summed E-state index contributed by atoms with van der Waals surface area (Å²) in [6, 6.07) is 0.266. The molecule has 0 heterocycles. The Morgan fingerprint density at radius 3 is 2.71 bits per heavy atom. The van der Waals surface area contributed by atoms with Crippen LogP contribution in [-0.4, -0.2) is 55.7 Å². The Labute approximate surface area is 104 Å². The van der Waals surface area contributed by atoms with Crippen LogP contribution < -0.4 is 11.1 Å². The smallest absolute Gasteiger partial charge is 0.235 e. The molecule has 0 aliphatic heterocycles. The Hall–Kier alpha value is -0.650. The lowest BCUT2D eigenvalue weighted by molar-refractivity contribution is -0.120. The molecule has 1 saturated carbocycles. The van der Waals surface area contributed by atoms with Crippen LogP contribution in [-0.2, 0) is 9.53 Å². The number of ether oxygens (including phenoxy) is 1. The number of hydrogen-bond acceptors (Lipinski definition) is 4. The molecule has 0 aromatic rings. The number of carbonyl (C=O) groups excluding carboxylic acids is 1. The largest absolute Gasteiger partial charge is 0.380 e. The number of primary amides is 1. The van der Waals surface area contributed by atoms with E-state index in [0.717, 1.165) is 32.5 Å². The van der Waals surface area contributed by atoms with Crippen molar-refractivity contribution >= 4 is 5.91 Å². The van der Waals surface area contributed by atoms with Crippen LogP contribution in [0.15, 0.2) is 0 Å². The van der Waals surface area contributed by atoms with E-state index < -0.39 is 0 Å². The summed E-state index contributed by atoms with van der Waals surface area (Å²) in [5.41, 5.74) is 5.41. The van der Waals surface area contributed by atoms with Crippen LogP contribution in [0.2, 0.25) is 0 Å². The molecule has 1 unspecified atom stereocenters. The Kier molecular flexibility index (Phi) is 6.47. The highest BCUT2D eigenvalue weighted by molar-refractivity contribution is 5.80. The molecule has 5 heteroatoms. The monoisotopic (exact) mass is 243 g/mol. The molecule has 0 saturated heterocycles. The first-order chi connectivity index (χ1) is 8.17. The molecule has 1 aliphatic carbocycles. The van der Waals surface area contributed by atoms with Crippen LogP contribution in [0.4, 0.5) is 0 Å². The van der Waals surface area contributed by atoms with Gasteiger partial charge in [-0.15, -0.1) is 0 Å². The number of hydrogen-bond donors (Lipinski definition) is 2. The maximum atomic E-state index is 11.3. The summed E-state index contributed by atoms with van der Waals surface area (Å²) in [4.78, 5) is 13.5. The normalized spacial score (nSPS) is 17.4. The van der Waals surface area contributed by atoms with Crippen LogP contribution in [0.5, 0.6) is 0 Å². The summed E-state index contributed by atoms with van der Waals surface area (Å²) < 4.78 is 5.32. The minimum absolute atomic E-state index is 0.232. The first-order valence-electron chi connectivity index (χ1n) is 6.52. The third kappa shape index (κ3) is 6.00. The fourth-order valence-electron chi connectivity index (χ4n) is 1.73. The van der Waals surface area contributed by atoms with Gasteiger partial charge in [0.2, 0.25) is 5.91 Å². The number of amides is 1. The SMILES string of the molecule is CCOCCN(CC)CC(NC1CC1)C(N)=O. The topological polar surface area (TPSA) is 67.6 Å². The van der Waals surface area contributed by atoms with Crippen LogP contribution >= 0.6 is 0 Å². The third-order valence-electron chi connectivity index (χ3n) is 3.00. The highest BCUT2D eigenvalue weighted by atomic mass is 16.5. The van der Waals surface area contributed by atoms with E-state index in [2.05, 4.69) is 17.1 Å². The Bertz CT molecular complexity index is 232. The highest BCUT2D eigenvalue weighted by Gasteiger charge is 2.28. The van der Waals surface area contributed by atoms with Gasteiger partial charge in [-0.1, -0.05) is 6.92 Å². The second kappa shape index (κ2) is 7.63. The van der Waals surface area contributed by atoms with Crippen LogP contribution in [0, 0.1) is 0 Å². The molecule has 1 fully saturated rings. The van der Waals surface area contributed by atoms with E-state index in [1.54, 1.807) is 0 Å². The molecule has 100 valence electrons. The minimum atomic E-state index is -0.258. The standard InChI is InChI=1S/C12H25N3O2/c1-3-15(7-8-17-4-2)9-11(12(13)16)14-10-5-6-10/h10-11,14H,3-9H2,1-2H3,(H2,13,16). The summed E-state index contributed by atoms with van der Waals surface area (Å²) in [5, 5.41) is 3.29. The lowest BCUT2D eigenvalue weighted by atomic mass is 10.2. The van der Waals surface area contributed by atoms with E-state index >= 15 is 0 Å². The number of nitrogens with one attached hydrogen (secondary N) is 1. The fraction of sp³-hybridized carbons (Fsp3) is 0.917. The number of carbonyl (C=O) groups is 1. The summed E-state index contributed by atoms with van der Waals surface area (Å²) >= 11 is 0. The molecule has 3 N–H and O–H groups in total. The van der Waals surface area contributed by atoms with E-state index in [9.17, 15) is 4.79 Å². The Morgan fingerprint density at radius 1 is 1.53 bits per heavy atom. The van der Waals surface area contributed by atoms with Crippen molar-refractivity contribution in [1.29, 1.82) is 0 Å². The van der Waals surface area contributed by atoms with Gasteiger partial charge in [0.1, 0.15) is 0 Å². The van der Waals surface area contributed by atoms with Crippen molar-refractivity contribution in [3.63, 3.8) is 0 Å². The van der Waals surface area contributed by atoms with E-state index in [1.807, 2.05) is 6.92 Å². The molecule has 1 atom stereocenters. The van der Waals surface area contributed by atoms with E-state index in [0.29, 0.717) is 19.2 Å². The molecule has 0 aromatic carbocycles. The van der Waals surface area contributed by atoms with Crippen molar-refractivity contribution in [2.24, 2.45) is 5.73 Å². The summed E-state index contributed by atoms with van der Waals surface area (Å²) in [6.45, 7) is 7.94. The maximum absolute atomic E-state index is 11.3. The number of nitrogens with zero attached hydrogens (tertiary/aromatic N) is 1. The first-order valence-corrected chi connectivity index (χ1v) is 6.52. The van der Waals surface area contributed by atoms with Gasteiger partial charge in [0.05, 0.1) is 12.6 Å². The fourth-order valence-corrected chi connectivity index (χ4v) is 1.73. The van der Waals surface area contributed by atoms with Crippen molar-refractivity contribution in [3.05, 3.63) is 0 Å². The molecule has 1 aliphatic rings. The van der Waals surface area contributed by atoms with E-state index in [-0.39, 0.29) is 11.9 Å². The van der Waals surface area contributed by atoms with Gasteiger partial charge >= 0.3 is 0 Å². The van der Waals surface area contributed by atoms with Gasteiger partial charge in [-0.2, -0.15) is 0 Å². The first kappa shape index (κ1) is 14.4. The molecule has 0 spiro atoms.